The lowest BCUT2D eigenvalue weighted by molar-refractivity contribution is -0.146. The van der Waals surface area contributed by atoms with E-state index in [1.807, 2.05) is 0 Å². The highest BCUT2D eigenvalue weighted by atomic mass is 16.6. The molecule has 1 unspecified atom stereocenters. The minimum absolute atomic E-state index is 0.0816. The zero-order valence-corrected chi connectivity index (χ0v) is 15.8. The highest BCUT2D eigenvalue weighted by Crippen LogP contribution is 2.36. The van der Waals surface area contributed by atoms with E-state index in [0.29, 0.717) is 11.0 Å². The molecule has 1 aromatic heterocycles. The number of aliphatic hydroxyl groups excluding tert-OH is 2. The van der Waals surface area contributed by atoms with Crippen molar-refractivity contribution in [2.75, 3.05) is 18.9 Å². The largest absolute Gasteiger partial charge is 0.506 e. The number of carbonyl (C=O) groups is 1. The fraction of sp³-hybridized carbons (Fsp3) is 0.438. The third-order valence-corrected chi connectivity index (χ3v) is 4.15. The maximum absolute atomic E-state index is 12.1. The Morgan fingerprint density at radius 3 is 2.83 bits per heavy atom. The standard InChI is InChI=1S/C16H22N8O6/c17-7-16(24-5-3-10(19)23-15(24)28)12(26)11(25)9(30-16)6-29-13(27)8(18)2-1-4-22-14(20)21/h3,5,8,12,25-26H,1-2,4,6,18H2,(H2,19,23,28)(H4,20,21,22)/t8-,12?,16+/m0/s1. The highest BCUT2D eigenvalue weighted by molar-refractivity contribution is 5.76. The summed E-state index contributed by atoms with van der Waals surface area (Å²) < 4.78 is 11.0. The molecule has 0 saturated carbocycles. The van der Waals surface area contributed by atoms with Gasteiger partial charge in [-0.1, -0.05) is 0 Å². The minimum Gasteiger partial charge on any atom is -0.506 e. The number of aromatic nitrogens is 2. The van der Waals surface area contributed by atoms with Gasteiger partial charge >= 0.3 is 17.4 Å². The van der Waals surface area contributed by atoms with E-state index in [9.17, 15) is 25.1 Å². The lowest BCUT2D eigenvalue weighted by atomic mass is 10.1. The van der Waals surface area contributed by atoms with Crippen molar-refractivity contribution in [1.82, 2.24) is 9.55 Å². The van der Waals surface area contributed by atoms with Crippen LogP contribution in [0, 0.1) is 11.3 Å². The van der Waals surface area contributed by atoms with Gasteiger partial charge < -0.3 is 42.6 Å². The first kappa shape index (κ1) is 22.5. The quantitative estimate of drug-likeness (QED) is 0.107. The molecule has 0 aromatic carbocycles. The first-order chi connectivity index (χ1) is 14.1. The molecule has 1 aliphatic rings. The molecule has 2 heterocycles. The summed E-state index contributed by atoms with van der Waals surface area (Å²) in [6, 6.07) is 1.83. The van der Waals surface area contributed by atoms with Gasteiger partial charge in [-0.25, -0.2) is 9.36 Å². The van der Waals surface area contributed by atoms with Crippen molar-refractivity contribution >= 4 is 17.7 Å². The SMILES string of the molecule is N#C[C@@]1(n2ccc(N)nc2=O)OC(COC(=O)[C@@H](N)CCCN=C(N)N)=C(O)C1O. The van der Waals surface area contributed by atoms with E-state index in [1.54, 1.807) is 6.07 Å². The number of anilines is 1. The van der Waals surface area contributed by atoms with Gasteiger partial charge in [-0.3, -0.25) is 9.79 Å². The molecule has 0 radical (unpaired) electrons. The van der Waals surface area contributed by atoms with Crippen LogP contribution in [0.4, 0.5) is 5.82 Å². The van der Waals surface area contributed by atoms with Gasteiger partial charge in [0.15, 0.2) is 30.2 Å². The van der Waals surface area contributed by atoms with Crippen LogP contribution in [0.5, 0.6) is 0 Å². The normalized spacial score (nSPS) is 21.4. The Morgan fingerprint density at radius 1 is 1.53 bits per heavy atom. The van der Waals surface area contributed by atoms with E-state index < -0.39 is 47.7 Å². The molecule has 162 valence electrons. The van der Waals surface area contributed by atoms with Crippen molar-refractivity contribution in [2.45, 2.75) is 30.7 Å². The average molecular weight is 422 g/mol. The third-order valence-electron chi connectivity index (χ3n) is 4.15. The Hall–Kier alpha value is -3.83. The summed E-state index contributed by atoms with van der Waals surface area (Å²) in [5.41, 5.74) is 18.2. The summed E-state index contributed by atoms with van der Waals surface area (Å²) in [6.07, 6.45) is -0.237. The number of carbonyl (C=O) groups excluding carboxylic acids is 1. The molecule has 1 aromatic rings. The van der Waals surface area contributed by atoms with E-state index in [-0.39, 0.29) is 24.7 Å². The topological polar surface area (TPSA) is 251 Å². The van der Waals surface area contributed by atoms with Crippen LogP contribution < -0.4 is 28.6 Å². The zero-order chi connectivity index (χ0) is 22.5. The van der Waals surface area contributed by atoms with Crippen molar-refractivity contribution in [3.8, 4) is 6.07 Å². The van der Waals surface area contributed by atoms with Gasteiger partial charge in [-0.05, 0) is 18.9 Å². The summed E-state index contributed by atoms with van der Waals surface area (Å²) in [7, 11) is 0. The molecular formula is C16H22N8O6. The number of rotatable bonds is 8. The van der Waals surface area contributed by atoms with Crippen molar-refractivity contribution < 1.29 is 24.5 Å². The van der Waals surface area contributed by atoms with Gasteiger partial charge in [0.1, 0.15) is 17.9 Å². The maximum atomic E-state index is 12.1. The Balaban J connectivity index is 2.05. The van der Waals surface area contributed by atoms with Crippen LogP contribution in [0.15, 0.2) is 33.6 Å². The van der Waals surface area contributed by atoms with Crippen molar-refractivity contribution in [2.24, 2.45) is 22.2 Å². The number of hydrogen-bond acceptors (Lipinski definition) is 11. The molecule has 0 amide bonds. The lowest BCUT2D eigenvalue weighted by Crippen LogP contribution is -2.48. The second kappa shape index (κ2) is 9.11. The molecule has 3 atom stereocenters. The summed E-state index contributed by atoms with van der Waals surface area (Å²) in [6.45, 7) is -0.358. The van der Waals surface area contributed by atoms with E-state index in [0.717, 1.165) is 6.20 Å². The number of hydrogen-bond donors (Lipinski definition) is 6. The van der Waals surface area contributed by atoms with Gasteiger partial charge in [-0.2, -0.15) is 10.2 Å². The Morgan fingerprint density at radius 2 is 2.23 bits per heavy atom. The van der Waals surface area contributed by atoms with Gasteiger partial charge in [0.2, 0.25) is 0 Å². The number of nitrogen functional groups attached to an aromatic ring is 1. The van der Waals surface area contributed by atoms with Crippen LogP contribution in [0.3, 0.4) is 0 Å². The van der Waals surface area contributed by atoms with Crippen LogP contribution in [-0.2, 0) is 20.0 Å². The number of aliphatic imine (C=N–C) groups is 1. The molecule has 10 N–H and O–H groups in total. The van der Waals surface area contributed by atoms with Gasteiger partial charge in [0.25, 0.3) is 0 Å². The van der Waals surface area contributed by atoms with Crippen LogP contribution in [-0.4, -0.2) is 57.0 Å². The van der Waals surface area contributed by atoms with E-state index in [4.69, 9.17) is 32.4 Å². The monoisotopic (exact) mass is 422 g/mol. The summed E-state index contributed by atoms with van der Waals surface area (Å²) in [4.78, 5) is 31.3. The Bertz CT molecular complexity index is 963. The fourth-order valence-electron chi connectivity index (χ4n) is 2.61. The van der Waals surface area contributed by atoms with Crippen LogP contribution in [0.2, 0.25) is 0 Å². The highest BCUT2D eigenvalue weighted by Gasteiger charge is 2.53. The van der Waals surface area contributed by atoms with E-state index in [2.05, 4.69) is 9.98 Å². The van der Waals surface area contributed by atoms with Crippen molar-refractivity contribution in [1.29, 1.82) is 5.26 Å². The van der Waals surface area contributed by atoms with Gasteiger partial charge in [0.05, 0.1) is 0 Å². The second-order valence-corrected chi connectivity index (χ2v) is 6.29. The Kier molecular flexibility index (Phi) is 6.82. The number of aliphatic hydroxyl groups is 2. The number of nitrogens with two attached hydrogens (primary N) is 4. The molecule has 0 bridgehead atoms. The predicted molar refractivity (Wildman–Crippen MR) is 102 cm³/mol. The number of nitrogens with zero attached hydrogens (tertiary/aromatic N) is 4. The van der Waals surface area contributed by atoms with Gasteiger partial charge in [0, 0.05) is 12.7 Å². The molecule has 2 rings (SSSR count). The first-order valence-corrected chi connectivity index (χ1v) is 8.66. The van der Waals surface area contributed by atoms with Crippen molar-refractivity contribution in [3.05, 3.63) is 34.3 Å². The Labute approximate surface area is 170 Å². The minimum atomic E-state index is -2.36. The summed E-state index contributed by atoms with van der Waals surface area (Å²) >= 11 is 0. The average Bonchev–Trinajstić information content (AvgIpc) is 2.94. The molecule has 0 saturated heterocycles. The number of ether oxygens (including phenoxy) is 2. The molecule has 14 heteroatoms. The van der Waals surface area contributed by atoms with Crippen LogP contribution in [0.25, 0.3) is 0 Å². The number of esters is 1. The zero-order valence-electron chi connectivity index (χ0n) is 15.8. The van der Waals surface area contributed by atoms with Crippen LogP contribution in [0.1, 0.15) is 12.8 Å². The van der Waals surface area contributed by atoms with Crippen LogP contribution >= 0.6 is 0 Å². The maximum Gasteiger partial charge on any atom is 0.353 e. The fourth-order valence-corrected chi connectivity index (χ4v) is 2.61. The molecular weight excluding hydrogens is 400 g/mol. The summed E-state index contributed by atoms with van der Waals surface area (Å²) in [5.74, 6) is -2.22. The molecule has 14 nitrogen and oxygen atoms in total. The predicted octanol–water partition coefficient (Wildman–Crippen LogP) is -2.91. The summed E-state index contributed by atoms with van der Waals surface area (Å²) in [5, 5.41) is 30.0. The third kappa shape index (κ3) is 4.59. The van der Waals surface area contributed by atoms with E-state index in [1.165, 1.54) is 6.07 Å². The molecule has 0 fully saturated rings. The molecule has 0 spiro atoms. The lowest BCUT2D eigenvalue weighted by Gasteiger charge is -2.26. The molecule has 1 aliphatic heterocycles. The smallest absolute Gasteiger partial charge is 0.353 e. The van der Waals surface area contributed by atoms with E-state index >= 15 is 0 Å². The molecule has 0 aliphatic carbocycles. The molecule has 30 heavy (non-hydrogen) atoms. The number of nitriles is 1. The van der Waals surface area contributed by atoms with Crippen molar-refractivity contribution in [3.63, 3.8) is 0 Å². The second-order valence-electron chi connectivity index (χ2n) is 6.29. The number of guanidine groups is 1. The van der Waals surface area contributed by atoms with Gasteiger partial charge in [-0.15, -0.1) is 0 Å². The first-order valence-electron chi connectivity index (χ1n) is 8.66.